The molecule has 1 fully saturated rings. The summed E-state index contributed by atoms with van der Waals surface area (Å²) in [5.74, 6) is 0.799. The topological polar surface area (TPSA) is 78.0 Å². The predicted octanol–water partition coefficient (Wildman–Crippen LogP) is 4.19. The third-order valence-corrected chi connectivity index (χ3v) is 4.74. The summed E-state index contributed by atoms with van der Waals surface area (Å²) in [4.78, 5) is 18.8. The molecule has 1 aromatic rings. The number of nitrogens with zero attached hydrogens (tertiary/aromatic N) is 2. The van der Waals surface area contributed by atoms with Crippen molar-refractivity contribution in [2.75, 3.05) is 44.7 Å². The number of anilines is 1. The van der Waals surface area contributed by atoms with Crippen LogP contribution in [0.3, 0.4) is 0 Å². The minimum atomic E-state index is -0.0145. The van der Waals surface area contributed by atoms with Crippen molar-refractivity contribution >= 4 is 41.7 Å². The Balaban J connectivity index is 0.00000450. The van der Waals surface area contributed by atoms with E-state index in [0.717, 1.165) is 82.3 Å². The highest BCUT2D eigenvalue weighted by atomic mass is 127. The van der Waals surface area contributed by atoms with Gasteiger partial charge < -0.3 is 25.6 Å². The van der Waals surface area contributed by atoms with Gasteiger partial charge in [-0.3, -0.25) is 0 Å². The zero-order valence-electron chi connectivity index (χ0n) is 18.4. The van der Waals surface area contributed by atoms with E-state index in [1.165, 1.54) is 6.42 Å². The smallest absolute Gasteiger partial charge is 0.321 e. The van der Waals surface area contributed by atoms with Crippen LogP contribution in [0.5, 0.6) is 0 Å². The summed E-state index contributed by atoms with van der Waals surface area (Å²) in [5.41, 5.74) is 1.88. The van der Waals surface area contributed by atoms with Crippen LogP contribution in [-0.4, -0.2) is 56.3 Å². The molecule has 2 amide bonds. The number of urea groups is 1. The van der Waals surface area contributed by atoms with Crippen LogP contribution < -0.4 is 16.0 Å². The summed E-state index contributed by atoms with van der Waals surface area (Å²) in [7, 11) is 0. The van der Waals surface area contributed by atoms with Crippen molar-refractivity contribution in [3.63, 3.8) is 0 Å². The second-order valence-corrected chi connectivity index (χ2v) is 7.27. The van der Waals surface area contributed by atoms with E-state index in [-0.39, 0.29) is 30.0 Å². The number of hydrogen-bond donors (Lipinski definition) is 3. The number of ether oxygens (including phenoxy) is 1. The average Bonchev–Trinajstić information content (AvgIpc) is 3.26. The molecule has 1 aromatic carbocycles. The number of aliphatic imine (C=N–C) groups is 1. The van der Waals surface area contributed by atoms with Crippen LogP contribution in [0.15, 0.2) is 29.3 Å². The van der Waals surface area contributed by atoms with Gasteiger partial charge in [0.2, 0.25) is 0 Å². The number of carbonyl (C=O) groups excluding carboxylic acids is 1. The van der Waals surface area contributed by atoms with Crippen LogP contribution in [0.25, 0.3) is 0 Å². The fourth-order valence-electron chi connectivity index (χ4n) is 3.11. The first kappa shape index (κ1) is 26.5. The van der Waals surface area contributed by atoms with Gasteiger partial charge in [0.25, 0.3) is 0 Å². The van der Waals surface area contributed by atoms with Crippen LogP contribution in [0, 0.1) is 0 Å². The highest BCUT2D eigenvalue weighted by Gasteiger charge is 2.17. The minimum Gasteiger partial charge on any atom is -0.381 e. The highest BCUT2D eigenvalue weighted by molar-refractivity contribution is 14.0. The fourth-order valence-corrected chi connectivity index (χ4v) is 3.11. The number of benzene rings is 1. The first-order chi connectivity index (χ1) is 14.2. The molecule has 1 aliphatic heterocycles. The molecule has 0 bridgehead atoms. The normalized spacial score (nSPS) is 13.7. The van der Waals surface area contributed by atoms with Crippen LogP contribution >= 0.6 is 24.0 Å². The van der Waals surface area contributed by atoms with Gasteiger partial charge in [0, 0.05) is 45.1 Å². The van der Waals surface area contributed by atoms with Crippen LogP contribution in [0.1, 0.15) is 51.5 Å². The van der Waals surface area contributed by atoms with Gasteiger partial charge >= 0.3 is 6.03 Å². The van der Waals surface area contributed by atoms with Crippen LogP contribution in [-0.2, 0) is 11.3 Å². The number of likely N-dealkylation sites (tertiary alicyclic amines) is 1. The lowest BCUT2D eigenvalue weighted by atomic mass is 10.2. The van der Waals surface area contributed by atoms with E-state index >= 15 is 0 Å². The first-order valence-electron chi connectivity index (χ1n) is 11.0. The Labute approximate surface area is 198 Å². The Morgan fingerprint density at radius 1 is 1.13 bits per heavy atom. The van der Waals surface area contributed by atoms with E-state index in [0.29, 0.717) is 6.54 Å². The van der Waals surface area contributed by atoms with E-state index in [1.807, 2.05) is 29.2 Å². The van der Waals surface area contributed by atoms with Crippen molar-refractivity contribution in [3.8, 4) is 0 Å². The Morgan fingerprint density at radius 3 is 2.63 bits per heavy atom. The lowest BCUT2D eigenvalue weighted by molar-refractivity contribution is 0.129. The zero-order valence-corrected chi connectivity index (χ0v) is 20.7. The lowest BCUT2D eigenvalue weighted by Crippen LogP contribution is -2.38. The second kappa shape index (κ2) is 16.2. The summed E-state index contributed by atoms with van der Waals surface area (Å²) in [6.07, 6.45) is 5.42. The van der Waals surface area contributed by atoms with Gasteiger partial charge in [0.05, 0.1) is 6.54 Å². The highest BCUT2D eigenvalue weighted by Crippen LogP contribution is 2.14. The number of carbonyl (C=O) groups is 1. The van der Waals surface area contributed by atoms with Gasteiger partial charge in [0.15, 0.2) is 5.96 Å². The molecular weight excluding hydrogens is 493 g/mol. The average molecular weight is 531 g/mol. The molecule has 2 rings (SSSR count). The minimum absolute atomic E-state index is 0. The molecule has 0 unspecified atom stereocenters. The molecule has 0 radical (unpaired) electrons. The van der Waals surface area contributed by atoms with Crippen molar-refractivity contribution in [1.29, 1.82) is 0 Å². The molecule has 1 saturated heterocycles. The van der Waals surface area contributed by atoms with Crippen molar-refractivity contribution < 1.29 is 9.53 Å². The Kier molecular flexibility index (Phi) is 14.3. The third kappa shape index (κ3) is 10.5. The summed E-state index contributed by atoms with van der Waals surface area (Å²) >= 11 is 0. The van der Waals surface area contributed by atoms with Crippen molar-refractivity contribution in [1.82, 2.24) is 15.5 Å². The van der Waals surface area contributed by atoms with Gasteiger partial charge in [-0.05, 0) is 50.3 Å². The third-order valence-electron chi connectivity index (χ3n) is 4.74. The van der Waals surface area contributed by atoms with E-state index in [4.69, 9.17) is 4.74 Å². The molecule has 0 atom stereocenters. The zero-order chi connectivity index (χ0) is 20.7. The Bertz CT molecular complexity index is 636. The molecule has 0 saturated carbocycles. The van der Waals surface area contributed by atoms with E-state index < -0.39 is 0 Å². The second-order valence-electron chi connectivity index (χ2n) is 7.27. The fraction of sp³-hybridized carbons (Fsp3) is 0.636. The van der Waals surface area contributed by atoms with Crippen molar-refractivity contribution in [2.24, 2.45) is 4.99 Å². The molecule has 3 N–H and O–H groups in total. The number of unbranched alkanes of at least 4 members (excludes halogenated alkanes) is 1. The molecule has 0 aliphatic carbocycles. The quantitative estimate of drug-likeness (QED) is 0.173. The van der Waals surface area contributed by atoms with Gasteiger partial charge in [-0.25, -0.2) is 9.79 Å². The predicted molar refractivity (Wildman–Crippen MR) is 135 cm³/mol. The monoisotopic (exact) mass is 531 g/mol. The summed E-state index contributed by atoms with van der Waals surface area (Å²) in [6, 6.07) is 7.88. The molecule has 170 valence electrons. The lowest BCUT2D eigenvalue weighted by Gasteiger charge is -2.16. The molecule has 8 heteroatoms. The van der Waals surface area contributed by atoms with Crippen LogP contribution in [0.2, 0.25) is 0 Å². The maximum absolute atomic E-state index is 12.3. The first-order valence-corrected chi connectivity index (χ1v) is 11.0. The van der Waals surface area contributed by atoms with Gasteiger partial charge in [-0.1, -0.05) is 25.5 Å². The van der Waals surface area contributed by atoms with E-state index in [9.17, 15) is 4.79 Å². The number of rotatable bonds is 11. The Hall–Kier alpha value is -1.55. The molecule has 30 heavy (non-hydrogen) atoms. The molecule has 1 aliphatic rings. The van der Waals surface area contributed by atoms with Gasteiger partial charge in [-0.15, -0.1) is 24.0 Å². The molecule has 1 heterocycles. The van der Waals surface area contributed by atoms with Crippen molar-refractivity contribution in [2.45, 2.75) is 52.5 Å². The van der Waals surface area contributed by atoms with E-state index in [1.54, 1.807) is 0 Å². The van der Waals surface area contributed by atoms with Gasteiger partial charge in [0.1, 0.15) is 0 Å². The number of nitrogens with one attached hydrogen (secondary N) is 3. The number of amides is 2. The summed E-state index contributed by atoms with van der Waals surface area (Å²) in [5, 5.41) is 9.61. The van der Waals surface area contributed by atoms with Crippen LogP contribution in [0.4, 0.5) is 10.5 Å². The maximum Gasteiger partial charge on any atom is 0.321 e. The standard InChI is InChI=1S/C22H37N5O2.HI/c1-3-5-15-29-16-9-12-24-21(23-4-2)25-18-19-10-8-11-20(17-19)26-22(28)27-13-6-7-14-27;/h8,10-11,17H,3-7,9,12-16,18H2,1-2H3,(H,26,28)(H2,23,24,25);1H. The number of guanidine groups is 1. The maximum atomic E-state index is 12.3. The summed E-state index contributed by atoms with van der Waals surface area (Å²) < 4.78 is 5.59. The molecule has 7 nitrogen and oxygen atoms in total. The van der Waals surface area contributed by atoms with E-state index in [2.05, 4.69) is 34.8 Å². The summed E-state index contributed by atoms with van der Waals surface area (Å²) in [6.45, 7) is 9.71. The van der Waals surface area contributed by atoms with Gasteiger partial charge in [-0.2, -0.15) is 0 Å². The number of hydrogen-bond acceptors (Lipinski definition) is 3. The number of halogens is 1. The SMILES string of the molecule is CCCCOCCCNC(=NCc1cccc(NC(=O)N2CCCC2)c1)NCC.I. The molecule has 0 spiro atoms. The Morgan fingerprint density at radius 2 is 1.90 bits per heavy atom. The largest absolute Gasteiger partial charge is 0.381 e. The van der Waals surface area contributed by atoms with Crippen molar-refractivity contribution in [3.05, 3.63) is 29.8 Å². The molecule has 0 aromatic heterocycles. The molecular formula is C22H38IN5O2.